The van der Waals surface area contributed by atoms with Crippen molar-refractivity contribution in [2.75, 3.05) is 11.4 Å². The molecule has 1 nitrogen and oxygen atoms in total. The van der Waals surface area contributed by atoms with Crippen LogP contribution in [-0.2, 0) is 6.42 Å². The summed E-state index contributed by atoms with van der Waals surface area (Å²) < 4.78 is 0. The number of fused-ring (bicyclic) bond motifs is 3. The molecule has 1 heterocycles. The molecular weight excluding hydrogens is 434 g/mol. The van der Waals surface area contributed by atoms with Crippen LogP contribution in [0.25, 0.3) is 23.3 Å². The summed E-state index contributed by atoms with van der Waals surface area (Å²) in [5, 5.41) is 0. The Morgan fingerprint density at radius 3 is 2.08 bits per heavy atom. The molecule has 0 saturated heterocycles. The van der Waals surface area contributed by atoms with Crippen molar-refractivity contribution >= 4 is 23.5 Å². The number of para-hydroxylation sites is 1. The van der Waals surface area contributed by atoms with Crippen LogP contribution in [0, 0.1) is 0 Å². The van der Waals surface area contributed by atoms with E-state index in [0.717, 1.165) is 19.4 Å². The van der Waals surface area contributed by atoms with Gasteiger partial charge in [-0.2, -0.15) is 0 Å². The predicted octanol–water partition coefficient (Wildman–Crippen LogP) is 9.14. The third-order valence-electron chi connectivity index (χ3n) is 8.58. The number of nitrogens with zero attached hydrogens (tertiary/aromatic N) is 1. The van der Waals surface area contributed by atoms with Crippen LogP contribution in [0.15, 0.2) is 102 Å². The van der Waals surface area contributed by atoms with Crippen molar-refractivity contribution in [3.05, 3.63) is 130 Å². The highest BCUT2D eigenvalue weighted by atomic mass is 15.2. The maximum Gasteiger partial charge on any atom is 0.0487 e. The van der Waals surface area contributed by atoms with Gasteiger partial charge in [0.1, 0.15) is 0 Å². The van der Waals surface area contributed by atoms with Gasteiger partial charge in [0.15, 0.2) is 0 Å². The van der Waals surface area contributed by atoms with Crippen LogP contribution in [0.5, 0.6) is 0 Å². The van der Waals surface area contributed by atoms with Gasteiger partial charge in [-0.25, -0.2) is 0 Å². The van der Waals surface area contributed by atoms with Crippen LogP contribution in [0.4, 0.5) is 11.4 Å². The maximum absolute atomic E-state index is 2.53. The van der Waals surface area contributed by atoms with Gasteiger partial charge in [0.25, 0.3) is 0 Å². The molecule has 1 heteroatoms. The molecule has 4 aromatic rings. The molecule has 0 spiro atoms. The van der Waals surface area contributed by atoms with Gasteiger partial charge in [0, 0.05) is 35.3 Å². The molecule has 2 unspecified atom stereocenters. The highest BCUT2D eigenvalue weighted by Crippen LogP contribution is 2.51. The van der Waals surface area contributed by atoms with E-state index in [1.54, 1.807) is 0 Å². The van der Waals surface area contributed by atoms with Gasteiger partial charge in [-0.15, -0.1) is 0 Å². The van der Waals surface area contributed by atoms with Crippen molar-refractivity contribution in [3.63, 3.8) is 0 Å². The largest absolute Gasteiger partial charge is 0.340 e. The maximum atomic E-state index is 2.53. The Balaban J connectivity index is 1.24. The van der Waals surface area contributed by atoms with Crippen LogP contribution in [-0.4, -0.2) is 6.54 Å². The number of anilines is 2. The second-order valence-corrected chi connectivity index (χ2v) is 10.6. The quantitative estimate of drug-likeness (QED) is 0.290. The van der Waals surface area contributed by atoms with Gasteiger partial charge >= 0.3 is 0 Å². The predicted molar refractivity (Wildman–Crippen MR) is 153 cm³/mol. The molecule has 0 aromatic heterocycles. The highest BCUT2D eigenvalue weighted by molar-refractivity contribution is 5.84. The van der Waals surface area contributed by atoms with Crippen molar-refractivity contribution in [3.8, 4) is 11.1 Å². The third-order valence-corrected chi connectivity index (χ3v) is 8.58. The van der Waals surface area contributed by atoms with Crippen LogP contribution >= 0.6 is 0 Å². The number of hydrogen-bond acceptors (Lipinski definition) is 1. The summed E-state index contributed by atoms with van der Waals surface area (Å²) in [6.07, 6.45) is 7.15. The van der Waals surface area contributed by atoms with E-state index in [4.69, 9.17) is 0 Å². The van der Waals surface area contributed by atoms with Crippen molar-refractivity contribution in [1.82, 2.24) is 0 Å². The lowest BCUT2D eigenvalue weighted by Crippen LogP contribution is -2.15. The molecule has 0 saturated carbocycles. The van der Waals surface area contributed by atoms with E-state index in [2.05, 4.69) is 122 Å². The molecule has 1 aliphatic heterocycles. The first kappa shape index (κ1) is 21.4. The van der Waals surface area contributed by atoms with E-state index in [1.165, 1.54) is 61.5 Å². The molecule has 0 radical (unpaired) electrons. The topological polar surface area (TPSA) is 3.24 Å². The average molecular weight is 466 g/mol. The number of benzene rings is 4. The summed E-state index contributed by atoms with van der Waals surface area (Å²) >= 11 is 0. The van der Waals surface area contributed by atoms with Crippen molar-refractivity contribution in [1.29, 1.82) is 0 Å². The fourth-order valence-corrected chi connectivity index (χ4v) is 6.78. The summed E-state index contributed by atoms with van der Waals surface area (Å²) in [5.74, 6) is 0.914. The highest BCUT2D eigenvalue weighted by Gasteiger charge is 2.33. The Hall–Kier alpha value is -3.84. The van der Waals surface area contributed by atoms with E-state index in [9.17, 15) is 0 Å². The minimum absolute atomic E-state index is 0.456. The minimum Gasteiger partial charge on any atom is -0.340 e. The molecule has 176 valence electrons. The SMILES string of the molecule is CC1=Cc2c(-c3ccccc3)cccc2C1CC1C(C)=Cc2c1cccc2N1CCc2ccccc21. The summed E-state index contributed by atoms with van der Waals surface area (Å²) in [5.41, 5.74) is 15.6. The van der Waals surface area contributed by atoms with Gasteiger partial charge in [-0.05, 0) is 72.2 Å². The number of hydrogen-bond donors (Lipinski definition) is 0. The molecule has 3 aliphatic rings. The molecule has 0 bridgehead atoms. The van der Waals surface area contributed by atoms with Gasteiger partial charge < -0.3 is 4.90 Å². The lowest BCUT2D eigenvalue weighted by molar-refractivity contribution is 0.642. The van der Waals surface area contributed by atoms with Gasteiger partial charge in [0.2, 0.25) is 0 Å². The van der Waals surface area contributed by atoms with Crippen LogP contribution < -0.4 is 4.90 Å². The zero-order valence-corrected chi connectivity index (χ0v) is 21.0. The second-order valence-electron chi connectivity index (χ2n) is 10.6. The van der Waals surface area contributed by atoms with Gasteiger partial charge in [-0.3, -0.25) is 0 Å². The molecule has 36 heavy (non-hydrogen) atoms. The van der Waals surface area contributed by atoms with Crippen molar-refractivity contribution in [2.24, 2.45) is 0 Å². The summed E-state index contributed by atoms with van der Waals surface area (Å²) in [6, 6.07) is 33.5. The first-order valence-electron chi connectivity index (χ1n) is 13.2. The van der Waals surface area contributed by atoms with Crippen molar-refractivity contribution < 1.29 is 0 Å². The lowest BCUT2D eigenvalue weighted by Gasteiger charge is -2.25. The molecule has 0 amide bonds. The van der Waals surface area contributed by atoms with Crippen LogP contribution in [0.1, 0.15) is 59.9 Å². The van der Waals surface area contributed by atoms with Gasteiger partial charge in [0.05, 0.1) is 0 Å². The zero-order valence-electron chi connectivity index (χ0n) is 21.0. The van der Waals surface area contributed by atoms with E-state index in [1.807, 2.05) is 0 Å². The first-order chi connectivity index (χ1) is 17.7. The smallest absolute Gasteiger partial charge is 0.0487 e. The standard InChI is InChI=1S/C35H31N/c1-23-20-32-27(25-10-4-3-5-11-25)13-8-14-28(32)30(23)22-31-24(2)21-33-29(31)15-9-17-35(33)36-19-18-26-12-6-7-16-34(26)36/h3-17,20-21,30-31H,18-19,22H2,1-2H3. The number of rotatable bonds is 4. The Morgan fingerprint density at radius 2 is 1.28 bits per heavy atom. The van der Waals surface area contributed by atoms with Crippen LogP contribution in [0.2, 0.25) is 0 Å². The fourth-order valence-electron chi connectivity index (χ4n) is 6.78. The summed E-state index contributed by atoms with van der Waals surface area (Å²) in [7, 11) is 0. The number of allylic oxidation sites excluding steroid dienone is 2. The Bertz CT molecular complexity index is 1540. The molecule has 0 N–H and O–H groups in total. The molecule has 4 aromatic carbocycles. The zero-order chi connectivity index (χ0) is 24.2. The normalized spacial score (nSPS) is 19.6. The fraction of sp³-hybridized carbons (Fsp3) is 0.200. The first-order valence-corrected chi connectivity index (χ1v) is 13.2. The molecule has 2 aliphatic carbocycles. The molecular formula is C35H31N. The van der Waals surface area contributed by atoms with E-state index in [0.29, 0.717) is 11.8 Å². The second kappa shape index (κ2) is 8.38. The Labute approximate surface area is 214 Å². The Kier molecular flexibility index (Phi) is 4.99. The van der Waals surface area contributed by atoms with E-state index >= 15 is 0 Å². The lowest BCUT2D eigenvalue weighted by atomic mass is 9.81. The molecule has 0 fully saturated rings. The van der Waals surface area contributed by atoms with E-state index in [-0.39, 0.29) is 0 Å². The van der Waals surface area contributed by atoms with E-state index < -0.39 is 0 Å². The van der Waals surface area contributed by atoms with Crippen LogP contribution in [0.3, 0.4) is 0 Å². The van der Waals surface area contributed by atoms with Gasteiger partial charge in [-0.1, -0.05) is 102 Å². The van der Waals surface area contributed by atoms with Crippen molar-refractivity contribution in [2.45, 2.75) is 38.5 Å². The Morgan fingerprint density at radius 1 is 0.639 bits per heavy atom. The minimum atomic E-state index is 0.456. The summed E-state index contributed by atoms with van der Waals surface area (Å²) in [6.45, 7) is 5.72. The monoisotopic (exact) mass is 465 g/mol. The average Bonchev–Trinajstić information content (AvgIpc) is 3.58. The molecule has 2 atom stereocenters. The molecule has 7 rings (SSSR count). The summed E-state index contributed by atoms with van der Waals surface area (Å²) in [4.78, 5) is 2.53. The third kappa shape index (κ3) is 3.30.